The van der Waals surface area contributed by atoms with Gasteiger partial charge in [0.15, 0.2) is 0 Å². The summed E-state index contributed by atoms with van der Waals surface area (Å²) in [5.74, 6) is 0. The van der Waals surface area contributed by atoms with Crippen LogP contribution in [-0.4, -0.2) is 4.98 Å². The first kappa shape index (κ1) is 16.4. The lowest BCUT2D eigenvalue weighted by Gasteiger charge is -1.96. The van der Waals surface area contributed by atoms with Gasteiger partial charge in [-0.2, -0.15) is 5.26 Å². The van der Waals surface area contributed by atoms with Crippen LogP contribution in [0.4, 0.5) is 0 Å². The molecule has 1 aromatic heterocycles. The van der Waals surface area contributed by atoms with Crippen molar-refractivity contribution in [2.75, 3.05) is 0 Å². The van der Waals surface area contributed by atoms with E-state index in [9.17, 15) is 5.26 Å². The number of thiazole rings is 1. The van der Waals surface area contributed by atoms with Gasteiger partial charge in [0.1, 0.15) is 11.1 Å². The summed E-state index contributed by atoms with van der Waals surface area (Å²) in [6.07, 6.45) is 5.66. The average molecular weight is 393 g/mol. The molecule has 0 aliphatic carbocycles. The molecular formula is C20H13BrN2S. The van der Waals surface area contributed by atoms with Gasteiger partial charge in [-0.15, -0.1) is 11.3 Å². The van der Waals surface area contributed by atoms with Gasteiger partial charge in [0, 0.05) is 15.4 Å². The highest BCUT2D eigenvalue weighted by atomic mass is 79.9. The van der Waals surface area contributed by atoms with E-state index < -0.39 is 0 Å². The molecule has 2 nitrogen and oxygen atoms in total. The lowest BCUT2D eigenvalue weighted by molar-refractivity contribution is 1.36. The summed E-state index contributed by atoms with van der Waals surface area (Å²) < 4.78 is 1.03. The Morgan fingerprint density at radius 1 is 1.08 bits per heavy atom. The van der Waals surface area contributed by atoms with Crippen molar-refractivity contribution in [3.05, 3.63) is 87.2 Å². The predicted molar refractivity (Wildman–Crippen MR) is 104 cm³/mol. The predicted octanol–water partition coefficient (Wildman–Crippen LogP) is 6.19. The molecule has 3 rings (SSSR count). The molecule has 116 valence electrons. The quantitative estimate of drug-likeness (QED) is 0.391. The normalized spacial score (nSPS) is 11.6. The highest BCUT2D eigenvalue weighted by Crippen LogP contribution is 2.27. The Labute approximate surface area is 153 Å². The van der Waals surface area contributed by atoms with Crippen molar-refractivity contribution in [2.45, 2.75) is 0 Å². The maximum Gasteiger partial charge on any atom is 0.134 e. The zero-order chi connectivity index (χ0) is 16.8. The van der Waals surface area contributed by atoms with Gasteiger partial charge in [0.25, 0.3) is 0 Å². The van der Waals surface area contributed by atoms with E-state index in [0.29, 0.717) is 5.57 Å². The van der Waals surface area contributed by atoms with E-state index in [2.05, 4.69) is 27.0 Å². The molecule has 1 heterocycles. The van der Waals surface area contributed by atoms with Gasteiger partial charge >= 0.3 is 0 Å². The van der Waals surface area contributed by atoms with Crippen LogP contribution in [0.5, 0.6) is 0 Å². The minimum absolute atomic E-state index is 0.565. The highest BCUT2D eigenvalue weighted by Gasteiger charge is 2.08. The van der Waals surface area contributed by atoms with Crippen molar-refractivity contribution in [2.24, 2.45) is 0 Å². The van der Waals surface area contributed by atoms with Crippen LogP contribution in [0.15, 0.2) is 76.6 Å². The summed E-state index contributed by atoms with van der Waals surface area (Å²) in [6, 6.07) is 20.2. The fraction of sp³-hybridized carbons (Fsp3) is 0. The fourth-order valence-corrected chi connectivity index (χ4v) is 3.19. The van der Waals surface area contributed by atoms with E-state index in [1.54, 1.807) is 6.08 Å². The summed E-state index contributed by atoms with van der Waals surface area (Å²) >= 11 is 4.91. The molecule has 24 heavy (non-hydrogen) atoms. The third-order valence-electron chi connectivity index (χ3n) is 3.35. The van der Waals surface area contributed by atoms with Gasteiger partial charge in [0.2, 0.25) is 0 Å². The summed E-state index contributed by atoms with van der Waals surface area (Å²) in [7, 11) is 0. The number of aromatic nitrogens is 1. The van der Waals surface area contributed by atoms with Crippen LogP contribution in [0.3, 0.4) is 0 Å². The molecule has 0 bridgehead atoms. The lowest BCUT2D eigenvalue weighted by Crippen LogP contribution is -1.82. The first-order valence-corrected chi connectivity index (χ1v) is 8.99. The lowest BCUT2D eigenvalue weighted by atomic mass is 10.2. The van der Waals surface area contributed by atoms with Gasteiger partial charge in [-0.05, 0) is 23.8 Å². The largest absolute Gasteiger partial charge is 0.235 e. The molecule has 0 saturated carbocycles. The molecule has 0 atom stereocenters. The average Bonchev–Trinajstić information content (AvgIpc) is 3.10. The Bertz CT molecular complexity index is 916. The van der Waals surface area contributed by atoms with Crippen LogP contribution in [0.2, 0.25) is 0 Å². The SMILES string of the molecule is N#C/C(=C\C=Cc1ccccc1)c1nc(-c2ccc(Br)cc2)cs1. The Morgan fingerprint density at radius 2 is 1.83 bits per heavy atom. The number of nitriles is 1. The van der Waals surface area contributed by atoms with Crippen molar-refractivity contribution in [1.29, 1.82) is 5.26 Å². The molecule has 0 spiro atoms. The zero-order valence-electron chi connectivity index (χ0n) is 12.7. The Hall–Kier alpha value is -2.48. The fourth-order valence-electron chi connectivity index (χ4n) is 2.13. The van der Waals surface area contributed by atoms with Gasteiger partial charge < -0.3 is 0 Å². The van der Waals surface area contributed by atoms with Crippen LogP contribution in [0, 0.1) is 11.3 Å². The molecule has 0 amide bonds. The summed E-state index contributed by atoms with van der Waals surface area (Å²) in [5, 5.41) is 12.1. The van der Waals surface area contributed by atoms with E-state index in [4.69, 9.17) is 0 Å². The second-order valence-corrected chi connectivity index (χ2v) is 6.78. The molecule has 2 aromatic carbocycles. The third-order valence-corrected chi connectivity index (χ3v) is 4.75. The summed E-state index contributed by atoms with van der Waals surface area (Å²) in [5.41, 5.74) is 3.59. The molecule has 0 aliphatic heterocycles. The monoisotopic (exact) mass is 392 g/mol. The topological polar surface area (TPSA) is 36.7 Å². The van der Waals surface area contributed by atoms with E-state index >= 15 is 0 Å². The minimum atomic E-state index is 0.565. The molecule has 0 fully saturated rings. The van der Waals surface area contributed by atoms with E-state index in [0.717, 1.165) is 26.3 Å². The maximum atomic E-state index is 9.40. The molecule has 0 radical (unpaired) electrons. The number of nitrogens with zero attached hydrogens (tertiary/aromatic N) is 2. The van der Waals surface area contributed by atoms with E-state index in [-0.39, 0.29) is 0 Å². The second kappa shape index (κ2) is 7.87. The van der Waals surface area contributed by atoms with Crippen LogP contribution in [0.1, 0.15) is 10.6 Å². The molecule has 0 saturated heterocycles. The third kappa shape index (κ3) is 4.08. The van der Waals surface area contributed by atoms with Crippen LogP contribution >= 0.6 is 27.3 Å². The van der Waals surface area contributed by atoms with Crippen molar-refractivity contribution in [1.82, 2.24) is 4.98 Å². The number of hydrogen-bond donors (Lipinski definition) is 0. The number of rotatable bonds is 4. The summed E-state index contributed by atoms with van der Waals surface area (Å²) in [6.45, 7) is 0. The molecule has 0 N–H and O–H groups in total. The Kier molecular flexibility index (Phi) is 5.37. The van der Waals surface area contributed by atoms with Crippen molar-refractivity contribution < 1.29 is 0 Å². The number of halogens is 1. The van der Waals surface area contributed by atoms with Crippen LogP contribution in [0.25, 0.3) is 22.9 Å². The molecule has 0 unspecified atom stereocenters. The van der Waals surface area contributed by atoms with Gasteiger partial charge in [-0.1, -0.05) is 70.5 Å². The second-order valence-electron chi connectivity index (χ2n) is 5.01. The van der Waals surface area contributed by atoms with Gasteiger partial charge in [-0.3, -0.25) is 0 Å². The Balaban J connectivity index is 1.82. The first-order valence-electron chi connectivity index (χ1n) is 7.31. The van der Waals surface area contributed by atoms with E-state index in [1.807, 2.05) is 72.1 Å². The van der Waals surface area contributed by atoms with Crippen LogP contribution in [-0.2, 0) is 0 Å². The first-order chi connectivity index (χ1) is 11.8. The number of hydrogen-bond acceptors (Lipinski definition) is 3. The highest BCUT2D eigenvalue weighted by molar-refractivity contribution is 9.10. The maximum absolute atomic E-state index is 9.40. The van der Waals surface area contributed by atoms with Gasteiger partial charge in [-0.25, -0.2) is 4.98 Å². The molecule has 4 heteroatoms. The minimum Gasteiger partial charge on any atom is -0.235 e. The van der Waals surface area contributed by atoms with Crippen molar-refractivity contribution in [3.63, 3.8) is 0 Å². The molecule has 0 aliphatic rings. The number of allylic oxidation sites excluding steroid dienone is 3. The van der Waals surface area contributed by atoms with Crippen LogP contribution < -0.4 is 0 Å². The number of benzene rings is 2. The standard InChI is InChI=1S/C20H13BrN2S/c21-18-11-9-16(10-12-18)19-14-24-20(23-19)17(13-22)8-4-7-15-5-2-1-3-6-15/h1-12,14H/b7-4?,17-8+. The van der Waals surface area contributed by atoms with E-state index in [1.165, 1.54) is 11.3 Å². The van der Waals surface area contributed by atoms with Gasteiger partial charge in [0.05, 0.1) is 11.3 Å². The zero-order valence-corrected chi connectivity index (χ0v) is 15.1. The molecular weight excluding hydrogens is 380 g/mol. The smallest absolute Gasteiger partial charge is 0.134 e. The molecule has 3 aromatic rings. The summed E-state index contributed by atoms with van der Waals surface area (Å²) in [4.78, 5) is 4.59. The van der Waals surface area contributed by atoms with Crippen molar-refractivity contribution >= 4 is 38.9 Å². The Morgan fingerprint density at radius 3 is 2.54 bits per heavy atom. The van der Waals surface area contributed by atoms with Crippen molar-refractivity contribution in [3.8, 4) is 17.3 Å².